The maximum absolute atomic E-state index is 5.56. The van der Waals surface area contributed by atoms with Gasteiger partial charge in [-0.15, -0.1) is 0 Å². The van der Waals surface area contributed by atoms with Gasteiger partial charge in [0, 0.05) is 6.07 Å². The van der Waals surface area contributed by atoms with Crippen molar-refractivity contribution >= 4 is 31.9 Å². The largest absolute Gasteiger partial charge is 0.438 e. The minimum Gasteiger partial charge on any atom is -0.438 e. The van der Waals surface area contributed by atoms with Crippen LogP contribution in [0.15, 0.2) is 45.7 Å². The Hall–Kier alpha value is -0.940. The molecule has 0 atom stereocenters. The van der Waals surface area contributed by atoms with Crippen LogP contribution in [0.4, 0.5) is 0 Å². The van der Waals surface area contributed by atoms with Gasteiger partial charge in [-0.05, 0) is 44.0 Å². The Balaban J connectivity index is 2.26. The summed E-state index contributed by atoms with van der Waals surface area (Å²) in [7, 11) is 0. The average Bonchev–Trinajstić information content (AvgIpc) is 2.22. The van der Waals surface area contributed by atoms with Gasteiger partial charge in [-0.2, -0.15) is 0 Å². The van der Waals surface area contributed by atoms with Crippen LogP contribution in [0.5, 0.6) is 11.6 Å². The van der Waals surface area contributed by atoms with Gasteiger partial charge in [0.15, 0.2) is 0 Å². The minimum atomic E-state index is 0.503. The molecule has 0 fully saturated rings. The van der Waals surface area contributed by atoms with E-state index in [0.717, 1.165) is 10.2 Å². The van der Waals surface area contributed by atoms with Gasteiger partial charge in [0.1, 0.15) is 16.7 Å². The summed E-state index contributed by atoms with van der Waals surface area (Å²) in [6.45, 7) is 0. The first-order valence-corrected chi connectivity index (χ1v) is 5.74. The first kappa shape index (κ1) is 10.6. The highest BCUT2D eigenvalue weighted by Crippen LogP contribution is 2.28. The molecule has 0 aliphatic heterocycles. The van der Waals surface area contributed by atoms with Crippen LogP contribution in [0.1, 0.15) is 0 Å². The number of nitrogens with zero attached hydrogens (tertiary/aromatic N) is 2. The van der Waals surface area contributed by atoms with E-state index in [9.17, 15) is 0 Å². The van der Waals surface area contributed by atoms with Crippen molar-refractivity contribution in [3.8, 4) is 11.6 Å². The van der Waals surface area contributed by atoms with Crippen LogP contribution in [-0.2, 0) is 0 Å². The second-order valence-corrected chi connectivity index (χ2v) is 4.38. The molecule has 0 radical (unpaired) electrons. The van der Waals surface area contributed by atoms with Crippen molar-refractivity contribution in [3.05, 3.63) is 45.7 Å². The van der Waals surface area contributed by atoms with Crippen LogP contribution in [0.25, 0.3) is 0 Å². The topological polar surface area (TPSA) is 35.0 Å². The average molecular weight is 330 g/mol. The number of ether oxygens (including phenoxy) is 1. The third-order valence-electron chi connectivity index (χ3n) is 1.66. The molecule has 0 aliphatic rings. The Labute approximate surface area is 104 Å². The van der Waals surface area contributed by atoms with Crippen LogP contribution in [0, 0.1) is 0 Å². The molecule has 0 N–H and O–H groups in total. The van der Waals surface area contributed by atoms with Crippen LogP contribution < -0.4 is 4.74 Å². The fourth-order valence-corrected chi connectivity index (χ4v) is 1.67. The van der Waals surface area contributed by atoms with E-state index in [1.807, 2.05) is 24.3 Å². The molecule has 2 rings (SSSR count). The molecule has 5 heteroatoms. The SMILES string of the molecule is Brc1cc(Oc2ccccc2Br)ncn1. The summed E-state index contributed by atoms with van der Waals surface area (Å²) in [6.07, 6.45) is 1.44. The summed E-state index contributed by atoms with van der Waals surface area (Å²) in [4.78, 5) is 7.91. The van der Waals surface area contributed by atoms with E-state index in [-0.39, 0.29) is 0 Å². The zero-order chi connectivity index (χ0) is 10.7. The molecule has 1 aromatic carbocycles. The summed E-state index contributed by atoms with van der Waals surface area (Å²) in [5, 5.41) is 0. The van der Waals surface area contributed by atoms with Crippen molar-refractivity contribution in [2.75, 3.05) is 0 Å². The van der Waals surface area contributed by atoms with Gasteiger partial charge >= 0.3 is 0 Å². The van der Waals surface area contributed by atoms with E-state index in [1.165, 1.54) is 6.33 Å². The summed E-state index contributed by atoms with van der Waals surface area (Å²) >= 11 is 6.64. The van der Waals surface area contributed by atoms with Crippen LogP contribution in [-0.4, -0.2) is 9.97 Å². The van der Waals surface area contributed by atoms with Gasteiger partial charge in [-0.1, -0.05) is 12.1 Å². The number of hydrogen-bond acceptors (Lipinski definition) is 3. The van der Waals surface area contributed by atoms with E-state index >= 15 is 0 Å². The van der Waals surface area contributed by atoms with Gasteiger partial charge in [-0.3, -0.25) is 0 Å². The standard InChI is InChI=1S/C10H6Br2N2O/c11-7-3-1-2-4-8(7)15-10-5-9(12)13-6-14-10/h1-6H. The predicted molar refractivity (Wildman–Crippen MR) is 63.9 cm³/mol. The number of aromatic nitrogens is 2. The number of benzene rings is 1. The Morgan fingerprint density at radius 2 is 1.87 bits per heavy atom. The summed E-state index contributed by atoms with van der Waals surface area (Å²) in [5.74, 6) is 1.23. The lowest BCUT2D eigenvalue weighted by molar-refractivity contribution is 0.458. The molecular weight excluding hydrogens is 324 g/mol. The van der Waals surface area contributed by atoms with Crippen molar-refractivity contribution < 1.29 is 4.74 Å². The van der Waals surface area contributed by atoms with Crippen LogP contribution in [0.2, 0.25) is 0 Å². The lowest BCUT2D eigenvalue weighted by Crippen LogP contribution is -1.89. The zero-order valence-electron chi connectivity index (χ0n) is 7.52. The molecule has 0 aliphatic carbocycles. The van der Waals surface area contributed by atoms with Gasteiger partial charge in [-0.25, -0.2) is 9.97 Å². The van der Waals surface area contributed by atoms with E-state index in [1.54, 1.807) is 6.07 Å². The molecule has 1 aromatic heterocycles. The van der Waals surface area contributed by atoms with Gasteiger partial charge < -0.3 is 4.74 Å². The third-order valence-corrected chi connectivity index (χ3v) is 2.75. The Kier molecular flexibility index (Phi) is 3.33. The number of hydrogen-bond donors (Lipinski definition) is 0. The monoisotopic (exact) mass is 328 g/mol. The van der Waals surface area contributed by atoms with E-state index < -0.39 is 0 Å². The van der Waals surface area contributed by atoms with E-state index in [0.29, 0.717) is 10.5 Å². The molecule has 0 bridgehead atoms. The number of rotatable bonds is 2. The minimum absolute atomic E-state index is 0.503. The molecule has 0 spiro atoms. The van der Waals surface area contributed by atoms with Crippen molar-refractivity contribution in [1.82, 2.24) is 9.97 Å². The molecule has 0 saturated carbocycles. The normalized spacial score (nSPS) is 10.0. The highest BCUT2D eigenvalue weighted by Gasteiger charge is 2.02. The molecule has 0 unspecified atom stereocenters. The van der Waals surface area contributed by atoms with E-state index in [4.69, 9.17) is 4.74 Å². The fourth-order valence-electron chi connectivity index (χ4n) is 1.01. The molecule has 3 nitrogen and oxygen atoms in total. The first-order valence-electron chi connectivity index (χ1n) is 4.15. The predicted octanol–water partition coefficient (Wildman–Crippen LogP) is 3.79. The lowest BCUT2D eigenvalue weighted by atomic mass is 10.3. The van der Waals surface area contributed by atoms with Gasteiger partial charge in [0.05, 0.1) is 4.47 Å². The maximum Gasteiger partial charge on any atom is 0.223 e. The smallest absolute Gasteiger partial charge is 0.223 e. The molecule has 2 aromatic rings. The van der Waals surface area contributed by atoms with E-state index in [2.05, 4.69) is 41.8 Å². The summed E-state index contributed by atoms with van der Waals surface area (Å²) in [5.41, 5.74) is 0. The molecule has 0 saturated heterocycles. The Bertz CT molecular complexity index is 476. The molecular formula is C10H6Br2N2O. The fraction of sp³-hybridized carbons (Fsp3) is 0. The summed E-state index contributed by atoms with van der Waals surface area (Å²) in [6, 6.07) is 9.30. The van der Waals surface area contributed by atoms with Crippen molar-refractivity contribution in [2.24, 2.45) is 0 Å². The quantitative estimate of drug-likeness (QED) is 0.786. The number of halogens is 2. The summed E-state index contributed by atoms with van der Waals surface area (Å²) < 4.78 is 7.14. The van der Waals surface area contributed by atoms with Gasteiger partial charge in [0.25, 0.3) is 0 Å². The second kappa shape index (κ2) is 4.72. The Morgan fingerprint density at radius 3 is 2.60 bits per heavy atom. The van der Waals surface area contributed by atoms with Crippen molar-refractivity contribution in [1.29, 1.82) is 0 Å². The van der Waals surface area contributed by atoms with Crippen molar-refractivity contribution in [2.45, 2.75) is 0 Å². The molecule has 76 valence electrons. The highest BCUT2D eigenvalue weighted by molar-refractivity contribution is 9.10. The lowest BCUT2D eigenvalue weighted by Gasteiger charge is -2.05. The first-order chi connectivity index (χ1) is 7.25. The Morgan fingerprint density at radius 1 is 1.07 bits per heavy atom. The van der Waals surface area contributed by atoms with Gasteiger partial charge in [0.2, 0.25) is 5.88 Å². The number of para-hydroxylation sites is 1. The highest BCUT2D eigenvalue weighted by atomic mass is 79.9. The van der Waals surface area contributed by atoms with Crippen LogP contribution in [0.3, 0.4) is 0 Å². The third kappa shape index (κ3) is 2.76. The molecule has 0 amide bonds. The van der Waals surface area contributed by atoms with Crippen LogP contribution >= 0.6 is 31.9 Å². The maximum atomic E-state index is 5.56. The molecule has 15 heavy (non-hydrogen) atoms. The second-order valence-electron chi connectivity index (χ2n) is 2.71. The molecule has 1 heterocycles. The van der Waals surface area contributed by atoms with Crippen molar-refractivity contribution in [3.63, 3.8) is 0 Å². The zero-order valence-corrected chi connectivity index (χ0v) is 10.7.